The van der Waals surface area contributed by atoms with Crippen molar-refractivity contribution >= 4 is 184 Å². The number of ketones is 2. The summed E-state index contributed by atoms with van der Waals surface area (Å²) in [6, 6.07) is 17.5. The standard InChI is InChI=1S/C30H6S2.C27H39S2.C26H38S2.C10H4O2S2.3CH3.Sn.12H2/c1-3-5-7-9-11-13-15-17-19-25-27-21-23-32-30(27)26(28-22-24-31-29(25)28)20-18-16-14-12-10-8-6-4-2;1-4-6-8-10-12-14-16-22-24-18-19-28-26(24)23(17-15-13-11-9-7-5-2)25-20-21(3)29-27(22)25;1-3-5-7-9-11-13-15-21-23-17-19-28-26(23)22(24-18-20-27-25(21)24)16-14-12-10-8-6-4-2;11-7-5-1-3-13-9(5)8(12)6-2-4-14-10(6)7;;;;;;;;;;;;;;;;/h1-2,21-24H;18,20H,4-17H2,1-3H3;17-20H,3-16H2,1-2H3;1-4H;3*1H3;;12*1H. The molecule has 0 bridgehead atoms. The third-order valence-corrected chi connectivity index (χ3v) is 36.4. The maximum Gasteiger partial charge on any atom is 0.205 e. The van der Waals surface area contributed by atoms with E-state index in [1.165, 1.54) is 207 Å². The van der Waals surface area contributed by atoms with Gasteiger partial charge in [-0.05, 0) is 211 Å². The first-order chi connectivity index (χ1) is 52.4. The van der Waals surface area contributed by atoms with Crippen LogP contribution in [0.1, 0.15) is 268 Å². The summed E-state index contributed by atoms with van der Waals surface area (Å²) in [5, 5.41) is 20.7. The number of terminal acetylenes is 2. The maximum atomic E-state index is 11.8. The molecule has 0 saturated heterocycles. The number of aryl methyl sites for hydroxylation is 5. The maximum absolute atomic E-state index is 11.8. The first-order valence-electron chi connectivity index (χ1n) is 38.3. The van der Waals surface area contributed by atoms with E-state index in [0.717, 1.165) is 31.3 Å². The van der Waals surface area contributed by atoms with Crippen molar-refractivity contribution in [3.63, 3.8) is 0 Å². The molecule has 0 fully saturated rings. The SMILES string of the molecule is C#CC#CC#CC#CC#Cc1c2ccsc2c(C#CC#CC#CC#CC#C)c2ccsc12.CCCCCCCCc1c2c[c]([Sn]([CH3])([CH3])[CH3])sc2c(CCCCCCCC)c2cc(C)sc12.CCCCCCCCc1c2ccsc2c(CCCCCCCC)c2ccsc12.O=C1c2ccsc2C(=O)c2ccsc21.[HH].[HH].[HH].[HH].[HH].[HH].[HH].[HH].[HH].[HH].[HH].[HH]. The Kier molecular flexibility index (Phi) is 35.1. The molecule has 0 radical (unpaired) electrons. The molecule has 0 atom stereocenters. The molecule has 1 aliphatic carbocycles. The van der Waals surface area contributed by atoms with E-state index < -0.39 is 18.4 Å². The summed E-state index contributed by atoms with van der Waals surface area (Å²) in [7, 11) is 0. The molecule has 1 aliphatic rings. The monoisotopic (exact) mass is 1680 g/mol. The average Bonchev–Trinajstić information content (AvgIpc) is 1.47. The third kappa shape index (κ3) is 23.3. The van der Waals surface area contributed by atoms with Gasteiger partial charge in [0.05, 0.1) is 30.3 Å². The van der Waals surface area contributed by atoms with Crippen LogP contribution in [0.25, 0.3) is 60.5 Å². The molecule has 8 aromatic heterocycles. The molecule has 0 unspecified atom stereocenters. The van der Waals surface area contributed by atoms with Crippen molar-refractivity contribution in [2.75, 3.05) is 0 Å². The number of unbranched alkanes of at least 4 members (excludes halogenated alkanes) is 20. The molecule has 107 heavy (non-hydrogen) atoms. The van der Waals surface area contributed by atoms with E-state index in [1.54, 1.807) is 111 Å². The largest absolute Gasteiger partial charge is 0.288 e. The Morgan fingerprint density at radius 2 is 0.645 bits per heavy atom. The summed E-state index contributed by atoms with van der Waals surface area (Å²) in [6.07, 6.45) is 48.3. The summed E-state index contributed by atoms with van der Waals surface area (Å²) >= 11 is 12.0. The minimum Gasteiger partial charge on any atom is -0.288 e. The van der Waals surface area contributed by atoms with Crippen LogP contribution in [0, 0.1) is 126 Å². The normalized spacial score (nSPS) is 10.9. The fraction of sp³-hybridized carbons (Fsp3) is 0.375. The van der Waals surface area contributed by atoms with Gasteiger partial charge in [-0.3, -0.25) is 9.59 Å². The van der Waals surface area contributed by atoms with Crippen LogP contribution in [0.5, 0.6) is 0 Å². The topological polar surface area (TPSA) is 34.1 Å². The van der Waals surface area contributed by atoms with Crippen molar-refractivity contribution in [1.82, 2.24) is 0 Å². The molecule has 8 heterocycles. The van der Waals surface area contributed by atoms with Crippen LogP contribution in [0.4, 0.5) is 0 Å². The van der Waals surface area contributed by atoms with Gasteiger partial charge in [0.25, 0.3) is 0 Å². The zero-order valence-electron chi connectivity index (χ0n) is 63.6. The van der Waals surface area contributed by atoms with Gasteiger partial charge >= 0.3 is 218 Å². The van der Waals surface area contributed by atoms with Gasteiger partial charge in [0.2, 0.25) is 11.6 Å². The second-order valence-electron chi connectivity index (χ2n) is 27.9. The summed E-state index contributed by atoms with van der Waals surface area (Å²) < 4.78 is 10.3. The van der Waals surface area contributed by atoms with E-state index in [-0.39, 0.29) is 28.7 Å². The van der Waals surface area contributed by atoms with Gasteiger partial charge < -0.3 is 0 Å². The molecule has 0 amide bonds. The molecule has 12 rings (SSSR count). The van der Waals surface area contributed by atoms with Crippen LogP contribution in [0.3, 0.4) is 0 Å². The molecule has 2 nitrogen and oxygen atoms in total. The molecule has 3 aromatic carbocycles. The Balaban J connectivity index is -0.000000736. The number of rotatable bonds is 29. The van der Waals surface area contributed by atoms with Gasteiger partial charge in [-0.2, -0.15) is 0 Å². The van der Waals surface area contributed by atoms with Crippen LogP contribution in [0.15, 0.2) is 80.8 Å². The summed E-state index contributed by atoms with van der Waals surface area (Å²) in [5.74, 6) is 47.2. The van der Waals surface area contributed by atoms with E-state index in [0.29, 0.717) is 20.9 Å². The van der Waals surface area contributed by atoms with Crippen molar-refractivity contribution in [2.45, 2.75) is 229 Å². The Morgan fingerprint density at radius 3 is 1.02 bits per heavy atom. The smallest absolute Gasteiger partial charge is 0.205 e. The van der Waals surface area contributed by atoms with Gasteiger partial charge in [0, 0.05) is 48.4 Å². The number of hydrogen-bond acceptors (Lipinski definition) is 10. The molecule has 568 valence electrons. The fourth-order valence-corrected chi connectivity index (χ4v) is 26.7. The van der Waals surface area contributed by atoms with Gasteiger partial charge in [-0.25, -0.2) is 0 Å². The molecule has 11 aromatic rings. The Bertz CT molecular complexity index is 5100. The molecule has 0 spiro atoms. The summed E-state index contributed by atoms with van der Waals surface area (Å²) in [6.45, 7) is 11.5. The Morgan fingerprint density at radius 1 is 0.336 bits per heavy atom. The van der Waals surface area contributed by atoms with E-state index in [1.807, 2.05) is 45.6 Å². The number of carbonyl (C=O) groups is 2. The van der Waals surface area contributed by atoms with E-state index >= 15 is 0 Å². The fourth-order valence-electron chi connectivity index (χ4n) is 13.6. The Labute approximate surface area is 693 Å². The minimum atomic E-state index is -2.10. The average molecular weight is 1680 g/mol. The summed E-state index contributed by atoms with van der Waals surface area (Å²) in [4.78, 5) is 34.1. The zero-order valence-corrected chi connectivity index (χ0v) is 73.0. The minimum absolute atomic E-state index is 0. The van der Waals surface area contributed by atoms with Gasteiger partial charge in [-0.15, -0.1) is 80.9 Å². The number of carbonyl (C=O) groups excluding carboxylic acids is 2. The van der Waals surface area contributed by atoms with E-state index in [2.05, 4.69) is 214 Å². The molecular formula is C96H120O2S8Sn. The molecular weight excluding hydrogens is 1560 g/mol. The molecule has 11 heteroatoms. The van der Waals surface area contributed by atoms with Gasteiger partial charge in [0.15, 0.2) is 0 Å². The van der Waals surface area contributed by atoms with Crippen molar-refractivity contribution in [2.24, 2.45) is 0 Å². The number of thiophene rings is 8. The van der Waals surface area contributed by atoms with Crippen molar-refractivity contribution in [3.8, 4) is 119 Å². The van der Waals surface area contributed by atoms with Gasteiger partial charge in [-0.1, -0.05) is 89.9 Å². The van der Waals surface area contributed by atoms with Crippen LogP contribution in [-0.4, -0.2) is 29.9 Å². The number of fused-ring (bicyclic) bond motifs is 8. The molecule has 0 aliphatic heterocycles. The van der Waals surface area contributed by atoms with Crippen LogP contribution in [0.2, 0.25) is 14.8 Å². The molecule has 0 saturated carbocycles. The zero-order chi connectivity index (χ0) is 75.6. The summed E-state index contributed by atoms with van der Waals surface area (Å²) in [5.41, 5.74) is 9.65. The quantitative estimate of drug-likeness (QED) is 0.0266. The predicted molar refractivity (Wildman–Crippen MR) is 507 cm³/mol. The van der Waals surface area contributed by atoms with E-state index in [9.17, 15) is 9.59 Å². The third-order valence-electron chi connectivity index (χ3n) is 19.0. The van der Waals surface area contributed by atoms with Crippen LogP contribution in [-0.2, 0) is 25.7 Å². The molecule has 0 N–H and O–H groups in total. The van der Waals surface area contributed by atoms with E-state index in [4.69, 9.17) is 12.8 Å². The number of benzene rings is 3. The van der Waals surface area contributed by atoms with Crippen LogP contribution >= 0.6 is 90.7 Å². The van der Waals surface area contributed by atoms with Gasteiger partial charge in [0.1, 0.15) is 0 Å². The second kappa shape index (κ2) is 44.9. The predicted octanol–water partition coefficient (Wildman–Crippen LogP) is 30.3. The van der Waals surface area contributed by atoms with Crippen molar-refractivity contribution < 1.29 is 26.7 Å². The first-order valence-corrected chi connectivity index (χ1v) is 55.2. The Hall–Kier alpha value is -7.44. The first kappa shape index (κ1) is 83.6. The van der Waals surface area contributed by atoms with Crippen molar-refractivity contribution in [3.05, 3.63) is 140 Å². The van der Waals surface area contributed by atoms with Crippen LogP contribution < -0.4 is 2.89 Å². The number of hydrogen-bond donors (Lipinski definition) is 0. The second-order valence-corrected chi connectivity index (χ2v) is 51.1. The van der Waals surface area contributed by atoms with Crippen molar-refractivity contribution in [1.29, 1.82) is 0 Å².